The lowest BCUT2D eigenvalue weighted by Gasteiger charge is -2.01. The van der Waals surface area contributed by atoms with Gasteiger partial charge in [-0.05, 0) is 30.3 Å². The average molecular weight is 307 g/mol. The lowest BCUT2D eigenvalue weighted by Crippen LogP contribution is -2.06. The normalized spacial score (nSPS) is 11.0. The lowest BCUT2D eigenvalue weighted by molar-refractivity contribution is 0.103. The Kier molecular flexibility index (Phi) is 3.14. The summed E-state index contributed by atoms with van der Waals surface area (Å²) in [6.45, 7) is 0. The number of aromatic amines is 1. The fraction of sp³-hybridized carbons (Fsp3) is 0. The van der Waals surface area contributed by atoms with E-state index < -0.39 is 17.4 Å². The van der Waals surface area contributed by atoms with Gasteiger partial charge in [-0.3, -0.25) is 4.79 Å². The highest BCUT2D eigenvalue weighted by atomic mass is 35.5. The van der Waals surface area contributed by atoms with Crippen molar-refractivity contribution >= 4 is 34.0 Å². The number of hydrogen-bond donors (Lipinski definition) is 2. The van der Waals surface area contributed by atoms with Crippen molar-refractivity contribution in [2.24, 2.45) is 0 Å². The molecular formula is C15H9ClF2N2O. The molecule has 0 saturated carbocycles. The number of nitrogens with one attached hydrogen (secondary N) is 1. The summed E-state index contributed by atoms with van der Waals surface area (Å²) in [6, 6.07) is 7.56. The predicted octanol–water partition coefficient (Wildman–Crippen LogP) is 3.91. The van der Waals surface area contributed by atoms with Crippen molar-refractivity contribution in [2.45, 2.75) is 0 Å². The first-order valence-corrected chi connectivity index (χ1v) is 6.41. The molecule has 0 spiro atoms. The molecule has 0 amide bonds. The van der Waals surface area contributed by atoms with E-state index >= 15 is 0 Å². The second kappa shape index (κ2) is 4.86. The van der Waals surface area contributed by atoms with E-state index in [0.717, 1.165) is 12.1 Å². The van der Waals surface area contributed by atoms with Crippen molar-refractivity contribution in [1.82, 2.24) is 4.98 Å². The first-order chi connectivity index (χ1) is 9.95. The van der Waals surface area contributed by atoms with Gasteiger partial charge in [0.25, 0.3) is 0 Å². The second-order valence-electron chi connectivity index (χ2n) is 4.59. The zero-order chi connectivity index (χ0) is 15.1. The maximum Gasteiger partial charge on any atom is 0.211 e. The van der Waals surface area contributed by atoms with E-state index in [2.05, 4.69) is 4.98 Å². The van der Waals surface area contributed by atoms with Crippen LogP contribution < -0.4 is 5.73 Å². The van der Waals surface area contributed by atoms with Crippen molar-refractivity contribution in [1.29, 1.82) is 0 Å². The van der Waals surface area contributed by atoms with Crippen LogP contribution in [0.2, 0.25) is 5.02 Å². The van der Waals surface area contributed by atoms with E-state index in [1.54, 1.807) is 18.2 Å². The van der Waals surface area contributed by atoms with Crippen LogP contribution in [0, 0.1) is 11.6 Å². The number of nitrogen functional groups attached to an aromatic ring is 1. The summed E-state index contributed by atoms with van der Waals surface area (Å²) < 4.78 is 26.4. The molecule has 0 atom stereocenters. The Morgan fingerprint density at radius 1 is 1.10 bits per heavy atom. The van der Waals surface area contributed by atoms with Crippen LogP contribution in [0.4, 0.5) is 14.5 Å². The van der Waals surface area contributed by atoms with E-state index in [1.807, 2.05) is 0 Å². The predicted molar refractivity (Wildman–Crippen MR) is 77.5 cm³/mol. The highest BCUT2D eigenvalue weighted by Gasteiger charge is 2.18. The Hall–Kier alpha value is -2.40. The monoisotopic (exact) mass is 306 g/mol. The van der Waals surface area contributed by atoms with Gasteiger partial charge in [-0.25, -0.2) is 8.78 Å². The average Bonchev–Trinajstić information content (AvgIpc) is 2.73. The Labute approximate surface area is 123 Å². The van der Waals surface area contributed by atoms with Gasteiger partial charge in [0.2, 0.25) is 5.78 Å². The molecule has 0 aliphatic carbocycles. The van der Waals surface area contributed by atoms with Crippen LogP contribution in [0.3, 0.4) is 0 Å². The lowest BCUT2D eigenvalue weighted by atomic mass is 10.1. The van der Waals surface area contributed by atoms with Gasteiger partial charge in [-0.2, -0.15) is 0 Å². The van der Waals surface area contributed by atoms with Crippen molar-refractivity contribution in [2.75, 3.05) is 5.73 Å². The van der Waals surface area contributed by atoms with Crippen LogP contribution in [0.5, 0.6) is 0 Å². The number of hydrogen-bond acceptors (Lipinski definition) is 2. The first-order valence-electron chi connectivity index (χ1n) is 6.03. The number of rotatable bonds is 2. The van der Waals surface area contributed by atoms with Gasteiger partial charge >= 0.3 is 0 Å². The Bertz CT molecular complexity index is 853. The summed E-state index contributed by atoms with van der Waals surface area (Å²) in [5, 5.41) is 1.11. The molecule has 0 fully saturated rings. The van der Waals surface area contributed by atoms with Crippen molar-refractivity contribution < 1.29 is 13.6 Å². The zero-order valence-electron chi connectivity index (χ0n) is 10.6. The van der Waals surface area contributed by atoms with E-state index in [1.165, 1.54) is 0 Å². The third-order valence-corrected chi connectivity index (χ3v) is 3.39. The Morgan fingerprint density at radius 3 is 2.43 bits per heavy atom. The van der Waals surface area contributed by atoms with Gasteiger partial charge in [0.05, 0.1) is 5.69 Å². The topological polar surface area (TPSA) is 58.9 Å². The minimum atomic E-state index is -0.823. The smallest absolute Gasteiger partial charge is 0.211 e. The minimum Gasteiger partial charge on any atom is -0.396 e. The fourth-order valence-corrected chi connectivity index (χ4v) is 2.37. The number of anilines is 1. The zero-order valence-corrected chi connectivity index (χ0v) is 11.3. The summed E-state index contributed by atoms with van der Waals surface area (Å²) in [4.78, 5) is 15.2. The van der Waals surface area contributed by atoms with Gasteiger partial charge in [0.1, 0.15) is 17.3 Å². The molecule has 3 N–H and O–H groups in total. The standard InChI is InChI=1S/C15H9ClF2N2O/c16-8-1-2-11-12(5-8)20-14(13(11)19)15(21)7-3-9(17)6-10(18)4-7/h1-6,20H,19H2. The number of carbonyl (C=O) groups is 1. The number of H-pyrrole nitrogens is 1. The second-order valence-corrected chi connectivity index (χ2v) is 5.03. The minimum absolute atomic E-state index is 0.0808. The molecule has 6 heteroatoms. The molecule has 0 unspecified atom stereocenters. The number of carbonyl (C=O) groups excluding carboxylic acids is 1. The van der Waals surface area contributed by atoms with Gasteiger partial charge < -0.3 is 10.7 Å². The van der Waals surface area contributed by atoms with Crippen LogP contribution in [0.1, 0.15) is 16.1 Å². The molecule has 2 aromatic carbocycles. The van der Waals surface area contributed by atoms with Crippen molar-refractivity contribution in [3.05, 3.63) is 64.3 Å². The molecule has 3 nitrogen and oxygen atoms in total. The number of fused-ring (bicyclic) bond motifs is 1. The van der Waals surface area contributed by atoms with E-state index in [0.29, 0.717) is 22.0 Å². The maximum absolute atomic E-state index is 13.2. The summed E-state index contributed by atoms with van der Waals surface area (Å²) >= 11 is 5.87. The van der Waals surface area contributed by atoms with Crippen LogP contribution in [-0.4, -0.2) is 10.8 Å². The molecular weight excluding hydrogens is 298 g/mol. The van der Waals surface area contributed by atoms with Crippen molar-refractivity contribution in [3.63, 3.8) is 0 Å². The maximum atomic E-state index is 13.2. The molecule has 1 heterocycles. The van der Waals surface area contributed by atoms with Crippen LogP contribution in [0.25, 0.3) is 10.9 Å². The number of benzene rings is 2. The summed E-state index contributed by atoms with van der Waals surface area (Å²) in [6.07, 6.45) is 0. The SMILES string of the molecule is Nc1c(C(=O)c2cc(F)cc(F)c2)[nH]c2cc(Cl)ccc12. The quantitative estimate of drug-likeness (QED) is 0.705. The molecule has 0 bridgehead atoms. The van der Waals surface area contributed by atoms with Gasteiger partial charge in [0, 0.05) is 27.6 Å². The van der Waals surface area contributed by atoms with Crippen LogP contribution in [0.15, 0.2) is 36.4 Å². The van der Waals surface area contributed by atoms with Crippen LogP contribution >= 0.6 is 11.6 Å². The molecule has 0 saturated heterocycles. The first kappa shape index (κ1) is 13.6. The van der Waals surface area contributed by atoms with Crippen molar-refractivity contribution in [3.8, 4) is 0 Å². The number of halogens is 3. The van der Waals surface area contributed by atoms with Crippen LogP contribution in [-0.2, 0) is 0 Å². The molecule has 106 valence electrons. The summed E-state index contributed by atoms with van der Waals surface area (Å²) in [5.41, 5.74) is 6.69. The highest BCUT2D eigenvalue weighted by molar-refractivity contribution is 6.31. The van der Waals surface area contributed by atoms with Gasteiger partial charge in [-0.1, -0.05) is 11.6 Å². The molecule has 3 rings (SSSR count). The molecule has 21 heavy (non-hydrogen) atoms. The number of nitrogens with two attached hydrogens (primary N) is 1. The van der Waals surface area contributed by atoms with E-state index in [4.69, 9.17) is 17.3 Å². The fourth-order valence-electron chi connectivity index (χ4n) is 2.20. The summed E-state index contributed by atoms with van der Waals surface area (Å²) in [5.74, 6) is -2.23. The van der Waals surface area contributed by atoms with Gasteiger partial charge in [0.15, 0.2) is 0 Å². The molecule has 1 aromatic heterocycles. The molecule has 3 aromatic rings. The Morgan fingerprint density at radius 2 is 1.76 bits per heavy atom. The molecule has 0 aliphatic heterocycles. The van der Waals surface area contributed by atoms with E-state index in [-0.39, 0.29) is 16.9 Å². The largest absolute Gasteiger partial charge is 0.396 e. The van der Waals surface area contributed by atoms with E-state index in [9.17, 15) is 13.6 Å². The third-order valence-electron chi connectivity index (χ3n) is 3.15. The molecule has 0 radical (unpaired) electrons. The third kappa shape index (κ3) is 2.36. The summed E-state index contributed by atoms with van der Waals surface area (Å²) in [7, 11) is 0. The molecule has 0 aliphatic rings. The van der Waals surface area contributed by atoms with Gasteiger partial charge in [-0.15, -0.1) is 0 Å². The highest BCUT2D eigenvalue weighted by Crippen LogP contribution is 2.29. The number of ketones is 1. The number of aromatic nitrogens is 1. The Balaban J connectivity index is 2.15.